The summed E-state index contributed by atoms with van der Waals surface area (Å²) in [6, 6.07) is 7.14. The van der Waals surface area contributed by atoms with Crippen LogP contribution in [0.25, 0.3) is 0 Å². The fraction of sp³-hybridized carbons (Fsp3) is 0.588. The molecular weight excluding hydrogens is 280 g/mol. The molecular formula is C17H26N2O3. The van der Waals surface area contributed by atoms with E-state index in [1.165, 1.54) is 12.8 Å². The number of aliphatic hydroxyl groups excluding tert-OH is 1. The Morgan fingerprint density at radius 2 is 2.09 bits per heavy atom. The van der Waals surface area contributed by atoms with E-state index in [1.54, 1.807) is 0 Å². The monoisotopic (exact) mass is 306 g/mol. The third kappa shape index (κ3) is 5.22. The van der Waals surface area contributed by atoms with E-state index >= 15 is 0 Å². The van der Waals surface area contributed by atoms with Gasteiger partial charge >= 0.3 is 6.03 Å². The van der Waals surface area contributed by atoms with Crippen molar-refractivity contribution < 1.29 is 14.6 Å². The Hall–Kier alpha value is -1.75. The highest BCUT2D eigenvalue weighted by molar-refractivity contribution is 5.90. The number of urea groups is 1. The second-order valence-electron chi connectivity index (χ2n) is 5.80. The van der Waals surface area contributed by atoms with Gasteiger partial charge in [-0.1, -0.05) is 25.5 Å². The van der Waals surface area contributed by atoms with Crippen molar-refractivity contribution in [1.82, 2.24) is 5.32 Å². The molecule has 1 fully saturated rings. The van der Waals surface area contributed by atoms with Gasteiger partial charge in [0.1, 0.15) is 5.75 Å². The van der Waals surface area contributed by atoms with Crippen molar-refractivity contribution in [3.05, 3.63) is 24.3 Å². The number of amides is 2. The third-order valence-electron chi connectivity index (χ3n) is 3.85. The number of para-hydroxylation sites is 2. The number of rotatable bonds is 7. The molecule has 122 valence electrons. The maximum atomic E-state index is 11.9. The molecule has 5 heteroatoms. The van der Waals surface area contributed by atoms with Crippen LogP contribution in [0.4, 0.5) is 10.5 Å². The van der Waals surface area contributed by atoms with Gasteiger partial charge < -0.3 is 20.5 Å². The maximum absolute atomic E-state index is 11.9. The van der Waals surface area contributed by atoms with Crippen molar-refractivity contribution in [2.75, 3.05) is 11.9 Å². The fourth-order valence-corrected chi connectivity index (χ4v) is 2.67. The van der Waals surface area contributed by atoms with Crippen LogP contribution in [0.1, 0.15) is 45.4 Å². The molecule has 0 bridgehead atoms. The standard InChI is InChI=1S/C17H26N2O3/c1-2-7-13(20)12-18-17(21)19-15-10-5-6-11-16(15)22-14-8-3-4-9-14/h5-6,10-11,13-14,20H,2-4,7-9,12H2,1H3,(H2,18,19,21). The van der Waals surface area contributed by atoms with E-state index in [0.29, 0.717) is 17.9 Å². The molecule has 1 aromatic carbocycles. The summed E-state index contributed by atoms with van der Waals surface area (Å²) in [5.41, 5.74) is 0.664. The number of hydrogen-bond acceptors (Lipinski definition) is 3. The van der Waals surface area contributed by atoms with Gasteiger partial charge in [-0.3, -0.25) is 0 Å². The number of hydrogen-bond donors (Lipinski definition) is 3. The summed E-state index contributed by atoms with van der Waals surface area (Å²) in [4.78, 5) is 11.9. The molecule has 2 amide bonds. The Morgan fingerprint density at radius 1 is 1.36 bits per heavy atom. The zero-order valence-corrected chi connectivity index (χ0v) is 13.2. The van der Waals surface area contributed by atoms with Gasteiger partial charge in [-0.2, -0.15) is 0 Å². The number of anilines is 1. The molecule has 1 aliphatic rings. The quantitative estimate of drug-likeness (QED) is 0.724. The zero-order chi connectivity index (χ0) is 15.8. The third-order valence-corrected chi connectivity index (χ3v) is 3.85. The minimum atomic E-state index is -0.499. The van der Waals surface area contributed by atoms with Gasteiger partial charge in [0.25, 0.3) is 0 Å². The Morgan fingerprint density at radius 3 is 2.82 bits per heavy atom. The van der Waals surface area contributed by atoms with Crippen LogP contribution in [0, 0.1) is 0 Å². The lowest BCUT2D eigenvalue weighted by atomic mass is 10.2. The average Bonchev–Trinajstić information content (AvgIpc) is 3.00. The molecule has 0 aromatic heterocycles. The first-order valence-corrected chi connectivity index (χ1v) is 8.17. The lowest BCUT2D eigenvalue weighted by Gasteiger charge is -2.17. The van der Waals surface area contributed by atoms with Crippen LogP contribution in [-0.4, -0.2) is 29.9 Å². The van der Waals surface area contributed by atoms with E-state index in [4.69, 9.17) is 4.74 Å². The molecule has 3 N–H and O–H groups in total. The minimum absolute atomic E-state index is 0.248. The first-order chi connectivity index (χ1) is 10.7. The fourth-order valence-electron chi connectivity index (χ4n) is 2.67. The summed E-state index contributed by atoms with van der Waals surface area (Å²) in [6.07, 6.45) is 5.88. The molecule has 22 heavy (non-hydrogen) atoms. The molecule has 0 radical (unpaired) electrons. The van der Waals surface area contributed by atoms with Gasteiger partial charge in [0.2, 0.25) is 0 Å². The highest BCUT2D eigenvalue weighted by Crippen LogP contribution is 2.29. The van der Waals surface area contributed by atoms with Crippen molar-refractivity contribution in [2.45, 2.75) is 57.7 Å². The Bertz CT molecular complexity index is 473. The molecule has 1 unspecified atom stereocenters. The van der Waals surface area contributed by atoms with Crippen LogP contribution in [-0.2, 0) is 0 Å². The minimum Gasteiger partial charge on any atom is -0.488 e. The number of ether oxygens (including phenoxy) is 1. The molecule has 1 aromatic rings. The van der Waals surface area contributed by atoms with E-state index < -0.39 is 6.10 Å². The number of benzene rings is 1. The number of aliphatic hydroxyl groups is 1. The Balaban J connectivity index is 1.87. The largest absolute Gasteiger partial charge is 0.488 e. The van der Waals surface area contributed by atoms with Gasteiger partial charge in [-0.25, -0.2) is 4.79 Å². The van der Waals surface area contributed by atoms with Gasteiger partial charge in [0.05, 0.1) is 17.9 Å². The van der Waals surface area contributed by atoms with Crippen molar-refractivity contribution in [1.29, 1.82) is 0 Å². The van der Waals surface area contributed by atoms with E-state index in [0.717, 1.165) is 19.3 Å². The summed E-state index contributed by atoms with van der Waals surface area (Å²) in [5, 5.41) is 15.1. The van der Waals surface area contributed by atoms with Crippen LogP contribution in [0.3, 0.4) is 0 Å². The van der Waals surface area contributed by atoms with Crippen LogP contribution in [0.2, 0.25) is 0 Å². The zero-order valence-electron chi connectivity index (χ0n) is 13.2. The first-order valence-electron chi connectivity index (χ1n) is 8.17. The molecule has 2 rings (SSSR count). The molecule has 0 heterocycles. The molecule has 1 atom stereocenters. The predicted octanol–water partition coefficient (Wildman–Crippen LogP) is 3.29. The summed E-state index contributed by atoms with van der Waals surface area (Å²) in [5.74, 6) is 0.707. The van der Waals surface area contributed by atoms with Crippen molar-refractivity contribution in [3.8, 4) is 5.75 Å². The first kappa shape index (κ1) is 16.6. The smallest absolute Gasteiger partial charge is 0.319 e. The summed E-state index contributed by atoms with van der Waals surface area (Å²) >= 11 is 0. The molecule has 1 aliphatic carbocycles. The molecule has 1 saturated carbocycles. The molecule has 0 aliphatic heterocycles. The Kier molecular flexibility index (Phi) is 6.52. The lowest BCUT2D eigenvalue weighted by Crippen LogP contribution is -2.35. The molecule has 5 nitrogen and oxygen atoms in total. The summed E-state index contributed by atoms with van der Waals surface area (Å²) < 4.78 is 5.98. The number of carbonyl (C=O) groups excluding carboxylic acids is 1. The number of nitrogens with one attached hydrogen (secondary N) is 2. The average molecular weight is 306 g/mol. The lowest BCUT2D eigenvalue weighted by molar-refractivity contribution is 0.162. The second kappa shape index (κ2) is 8.63. The second-order valence-corrected chi connectivity index (χ2v) is 5.80. The van der Waals surface area contributed by atoms with E-state index in [9.17, 15) is 9.90 Å². The van der Waals surface area contributed by atoms with Crippen LogP contribution < -0.4 is 15.4 Å². The van der Waals surface area contributed by atoms with Crippen LogP contribution in [0.15, 0.2) is 24.3 Å². The highest BCUT2D eigenvalue weighted by atomic mass is 16.5. The highest BCUT2D eigenvalue weighted by Gasteiger charge is 2.18. The van der Waals surface area contributed by atoms with Crippen LogP contribution in [0.5, 0.6) is 5.75 Å². The maximum Gasteiger partial charge on any atom is 0.319 e. The topological polar surface area (TPSA) is 70.6 Å². The Labute approximate surface area is 132 Å². The van der Waals surface area contributed by atoms with Crippen LogP contribution >= 0.6 is 0 Å². The van der Waals surface area contributed by atoms with Gasteiger partial charge in [0.15, 0.2) is 0 Å². The number of carbonyl (C=O) groups is 1. The normalized spacial score (nSPS) is 16.3. The van der Waals surface area contributed by atoms with E-state index in [2.05, 4.69) is 10.6 Å². The summed E-state index contributed by atoms with van der Waals surface area (Å²) in [6.45, 7) is 2.26. The summed E-state index contributed by atoms with van der Waals surface area (Å²) in [7, 11) is 0. The van der Waals surface area contributed by atoms with Gasteiger partial charge in [0, 0.05) is 6.54 Å². The van der Waals surface area contributed by atoms with E-state index in [1.807, 2.05) is 31.2 Å². The van der Waals surface area contributed by atoms with E-state index in [-0.39, 0.29) is 18.7 Å². The van der Waals surface area contributed by atoms with Gasteiger partial charge in [-0.05, 0) is 44.2 Å². The SMILES string of the molecule is CCCC(O)CNC(=O)Nc1ccccc1OC1CCCC1. The molecule has 0 saturated heterocycles. The van der Waals surface area contributed by atoms with Gasteiger partial charge in [-0.15, -0.1) is 0 Å². The van der Waals surface area contributed by atoms with Crippen molar-refractivity contribution in [3.63, 3.8) is 0 Å². The van der Waals surface area contributed by atoms with Crippen molar-refractivity contribution >= 4 is 11.7 Å². The molecule has 0 spiro atoms. The van der Waals surface area contributed by atoms with Crippen molar-refractivity contribution in [2.24, 2.45) is 0 Å². The predicted molar refractivity (Wildman–Crippen MR) is 87.3 cm³/mol.